The number of hydrogen-bond donors (Lipinski definition) is 2. The van der Waals surface area contributed by atoms with E-state index in [1.54, 1.807) is 19.2 Å². The summed E-state index contributed by atoms with van der Waals surface area (Å²) in [5.41, 5.74) is 3.01. The molecule has 0 heterocycles. The van der Waals surface area contributed by atoms with Gasteiger partial charge in [0, 0.05) is 25.2 Å². The summed E-state index contributed by atoms with van der Waals surface area (Å²) < 4.78 is 5.23. The van der Waals surface area contributed by atoms with E-state index in [9.17, 15) is 10.1 Å². The van der Waals surface area contributed by atoms with E-state index in [-0.39, 0.29) is 5.69 Å². The third kappa shape index (κ3) is 6.81. The molecule has 7 heteroatoms. The number of methoxy groups -OCH3 is 1. The minimum absolute atomic E-state index is 0.0751. The van der Waals surface area contributed by atoms with Crippen LogP contribution in [0.25, 0.3) is 0 Å². The van der Waals surface area contributed by atoms with Crippen LogP contribution < -0.4 is 15.4 Å². The second-order valence-electron chi connectivity index (χ2n) is 6.10. The van der Waals surface area contributed by atoms with Gasteiger partial charge in [0.05, 0.1) is 18.6 Å². The second kappa shape index (κ2) is 9.96. The molecule has 2 aromatic carbocycles. The van der Waals surface area contributed by atoms with Crippen molar-refractivity contribution in [1.82, 2.24) is 10.6 Å². The highest BCUT2D eigenvalue weighted by atomic mass is 16.6. The van der Waals surface area contributed by atoms with Gasteiger partial charge in [-0.15, -0.1) is 0 Å². The molecule has 2 aromatic rings. The van der Waals surface area contributed by atoms with Crippen molar-refractivity contribution in [3.05, 3.63) is 81.9 Å². The minimum atomic E-state index is -0.410. The number of hydrogen-bond acceptors (Lipinski definition) is 4. The number of aliphatic imine (C=N–C) groups is 1. The highest BCUT2D eigenvalue weighted by Crippen LogP contribution is 2.13. The largest absolute Gasteiger partial charge is 0.497 e. The zero-order chi connectivity index (χ0) is 19.6. The first kappa shape index (κ1) is 20.0. The van der Waals surface area contributed by atoms with E-state index in [4.69, 9.17) is 4.74 Å². The van der Waals surface area contributed by atoms with Crippen molar-refractivity contribution in [2.75, 3.05) is 13.7 Å². The number of nitro benzene ring substituents is 1. The van der Waals surface area contributed by atoms with Crippen LogP contribution in [0.4, 0.5) is 5.69 Å². The van der Waals surface area contributed by atoms with Crippen LogP contribution in [0, 0.1) is 10.1 Å². The molecule has 2 N–H and O–H groups in total. The molecular weight excluding hydrogens is 344 g/mol. The van der Waals surface area contributed by atoms with Crippen molar-refractivity contribution < 1.29 is 9.66 Å². The molecule has 0 aliphatic heterocycles. The Hall–Kier alpha value is -3.35. The number of guanidine groups is 1. The lowest BCUT2D eigenvalue weighted by Crippen LogP contribution is -2.37. The maximum Gasteiger partial charge on any atom is 0.269 e. The summed E-state index contributed by atoms with van der Waals surface area (Å²) in [4.78, 5) is 14.9. The fraction of sp³-hybridized carbons (Fsp3) is 0.250. The normalized spacial score (nSPS) is 11.0. The van der Waals surface area contributed by atoms with Gasteiger partial charge < -0.3 is 15.4 Å². The molecule has 0 aromatic heterocycles. The first-order valence-corrected chi connectivity index (χ1v) is 8.51. The van der Waals surface area contributed by atoms with Gasteiger partial charge in [-0.1, -0.05) is 36.4 Å². The SMILES string of the molecule is C=C(C)CNC(=NCc1cccc(OC)c1)NCc1ccc([N+](=O)[O-])cc1. The van der Waals surface area contributed by atoms with Crippen molar-refractivity contribution in [2.45, 2.75) is 20.0 Å². The number of non-ortho nitro benzene ring substituents is 1. The van der Waals surface area contributed by atoms with E-state index in [0.717, 1.165) is 22.4 Å². The third-order valence-corrected chi connectivity index (χ3v) is 3.72. The Labute approximate surface area is 158 Å². The smallest absolute Gasteiger partial charge is 0.269 e. The topological polar surface area (TPSA) is 88.8 Å². The summed E-state index contributed by atoms with van der Waals surface area (Å²) in [6, 6.07) is 14.2. The Balaban J connectivity index is 2.03. The number of nitro groups is 1. The molecule has 0 spiro atoms. The van der Waals surface area contributed by atoms with Crippen LogP contribution in [0.5, 0.6) is 5.75 Å². The monoisotopic (exact) mass is 368 g/mol. The van der Waals surface area contributed by atoms with E-state index in [2.05, 4.69) is 22.2 Å². The van der Waals surface area contributed by atoms with Crippen molar-refractivity contribution in [3.63, 3.8) is 0 Å². The van der Waals surface area contributed by atoms with Gasteiger partial charge in [0.1, 0.15) is 5.75 Å². The Bertz CT molecular complexity index is 816. The van der Waals surface area contributed by atoms with Crippen molar-refractivity contribution in [1.29, 1.82) is 0 Å². The van der Waals surface area contributed by atoms with Crippen LogP contribution in [0.1, 0.15) is 18.1 Å². The van der Waals surface area contributed by atoms with Crippen molar-refractivity contribution >= 4 is 11.6 Å². The van der Waals surface area contributed by atoms with Crippen LogP contribution in [-0.2, 0) is 13.1 Å². The van der Waals surface area contributed by atoms with Crippen LogP contribution in [0.2, 0.25) is 0 Å². The molecule has 0 fully saturated rings. The number of nitrogens with zero attached hydrogens (tertiary/aromatic N) is 2. The first-order chi connectivity index (χ1) is 13.0. The predicted molar refractivity (Wildman–Crippen MR) is 107 cm³/mol. The molecule has 0 radical (unpaired) electrons. The van der Waals surface area contributed by atoms with E-state index >= 15 is 0 Å². The quantitative estimate of drug-likeness (QED) is 0.245. The average molecular weight is 368 g/mol. The molecule has 0 unspecified atom stereocenters. The van der Waals surface area contributed by atoms with Gasteiger partial charge in [0.25, 0.3) is 5.69 Å². The lowest BCUT2D eigenvalue weighted by Gasteiger charge is -2.13. The summed E-state index contributed by atoms with van der Waals surface area (Å²) in [7, 11) is 1.63. The molecule has 7 nitrogen and oxygen atoms in total. The number of ether oxygens (including phenoxy) is 1. The van der Waals surface area contributed by atoms with Gasteiger partial charge in [0.2, 0.25) is 0 Å². The molecule has 142 valence electrons. The fourth-order valence-electron chi connectivity index (χ4n) is 2.27. The van der Waals surface area contributed by atoms with Crippen LogP contribution in [0.3, 0.4) is 0 Å². The van der Waals surface area contributed by atoms with Gasteiger partial charge in [-0.25, -0.2) is 4.99 Å². The van der Waals surface area contributed by atoms with Crippen molar-refractivity contribution in [3.8, 4) is 5.75 Å². The van der Waals surface area contributed by atoms with Crippen LogP contribution in [0.15, 0.2) is 65.7 Å². The molecule has 0 aliphatic rings. The van der Waals surface area contributed by atoms with Gasteiger partial charge in [-0.3, -0.25) is 10.1 Å². The summed E-state index contributed by atoms with van der Waals surface area (Å²) >= 11 is 0. The average Bonchev–Trinajstić information content (AvgIpc) is 2.67. The zero-order valence-corrected chi connectivity index (χ0v) is 15.6. The van der Waals surface area contributed by atoms with Gasteiger partial charge in [-0.05, 0) is 30.2 Å². The third-order valence-electron chi connectivity index (χ3n) is 3.72. The Morgan fingerprint density at radius 1 is 1.19 bits per heavy atom. The summed E-state index contributed by atoms with van der Waals surface area (Å²) in [6.07, 6.45) is 0. The second-order valence-corrected chi connectivity index (χ2v) is 6.10. The molecule has 0 saturated carbocycles. The highest BCUT2D eigenvalue weighted by Gasteiger charge is 2.05. The molecule has 0 bridgehead atoms. The molecule has 27 heavy (non-hydrogen) atoms. The molecule has 0 amide bonds. The predicted octanol–water partition coefficient (Wildman–Crippen LogP) is 3.41. The molecule has 0 aliphatic carbocycles. The minimum Gasteiger partial charge on any atom is -0.497 e. The Morgan fingerprint density at radius 2 is 1.93 bits per heavy atom. The lowest BCUT2D eigenvalue weighted by atomic mass is 10.2. The van der Waals surface area contributed by atoms with Crippen LogP contribution in [-0.4, -0.2) is 24.5 Å². The fourth-order valence-corrected chi connectivity index (χ4v) is 2.27. The van der Waals surface area contributed by atoms with E-state index in [1.165, 1.54) is 12.1 Å². The number of nitrogens with one attached hydrogen (secondary N) is 2. The van der Waals surface area contributed by atoms with Crippen LogP contribution >= 0.6 is 0 Å². The highest BCUT2D eigenvalue weighted by molar-refractivity contribution is 5.80. The summed E-state index contributed by atoms with van der Waals surface area (Å²) in [6.45, 7) is 7.41. The number of benzene rings is 2. The molecule has 2 rings (SSSR count). The zero-order valence-electron chi connectivity index (χ0n) is 15.6. The molecular formula is C20H24N4O3. The standard InChI is InChI=1S/C20H24N4O3/c1-15(2)12-21-20(23-14-17-5-4-6-19(11-17)27-3)22-13-16-7-9-18(10-8-16)24(25)26/h4-11H,1,12-14H2,2-3H3,(H2,21,22,23). The maximum atomic E-state index is 10.7. The maximum absolute atomic E-state index is 10.7. The van der Waals surface area contributed by atoms with Gasteiger partial charge >= 0.3 is 0 Å². The summed E-state index contributed by atoms with van der Waals surface area (Å²) in [5.74, 6) is 1.43. The van der Waals surface area contributed by atoms with E-state index < -0.39 is 4.92 Å². The van der Waals surface area contributed by atoms with E-state index in [0.29, 0.717) is 25.6 Å². The van der Waals surface area contributed by atoms with Gasteiger partial charge in [0.15, 0.2) is 5.96 Å². The lowest BCUT2D eigenvalue weighted by molar-refractivity contribution is -0.384. The number of rotatable bonds is 8. The Kier molecular flexibility index (Phi) is 7.37. The van der Waals surface area contributed by atoms with E-state index in [1.807, 2.05) is 31.2 Å². The molecule has 0 atom stereocenters. The summed E-state index contributed by atoms with van der Waals surface area (Å²) in [5, 5.41) is 17.2. The van der Waals surface area contributed by atoms with Crippen molar-refractivity contribution in [2.24, 2.45) is 4.99 Å². The Morgan fingerprint density at radius 3 is 2.56 bits per heavy atom. The van der Waals surface area contributed by atoms with Gasteiger partial charge in [-0.2, -0.15) is 0 Å². The molecule has 0 saturated heterocycles. The first-order valence-electron chi connectivity index (χ1n) is 8.51.